The Morgan fingerprint density at radius 1 is 1.21 bits per heavy atom. The molecular weight excluding hydrogens is 238 g/mol. The third kappa shape index (κ3) is 2.95. The summed E-state index contributed by atoms with van der Waals surface area (Å²) in [5.74, 6) is 0.297. The van der Waals surface area contributed by atoms with Gasteiger partial charge in [-0.1, -0.05) is 0 Å². The molecule has 0 aliphatic carbocycles. The number of carbonyl (C=O) groups excluding carboxylic acids is 1. The summed E-state index contributed by atoms with van der Waals surface area (Å²) in [4.78, 5) is 19.0. The summed E-state index contributed by atoms with van der Waals surface area (Å²) in [6, 6.07) is 0.385. The molecule has 0 saturated carbocycles. The fourth-order valence-electron chi connectivity index (χ4n) is 3.79. The minimum atomic E-state index is 0.161. The topological polar surface area (TPSA) is 26.8 Å². The fourth-order valence-corrected chi connectivity index (χ4v) is 3.79. The highest BCUT2D eigenvalue weighted by Crippen LogP contribution is 2.37. The van der Waals surface area contributed by atoms with Crippen LogP contribution in [0, 0.1) is 0 Å². The van der Waals surface area contributed by atoms with Gasteiger partial charge in [0.2, 0.25) is 5.91 Å². The van der Waals surface area contributed by atoms with Crippen molar-refractivity contribution in [3.05, 3.63) is 0 Å². The van der Waals surface area contributed by atoms with E-state index >= 15 is 0 Å². The Morgan fingerprint density at radius 2 is 1.84 bits per heavy atom. The molecule has 0 spiro atoms. The van der Waals surface area contributed by atoms with E-state index < -0.39 is 0 Å². The summed E-state index contributed by atoms with van der Waals surface area (Å²) in [6.45, 7) is 14.9. The lowest BCUT2D eigenvalue weighted by Crippen LogP contribution is -2.54. The second kappa shape index (κ2) is 4.74. The van der Waals surface area contributed by atoms with E-state index in [-0.39, 0.29) is 11.1 Å². The van der Waals surface area contributed by atoms with E-state index in [1.165, 1.54) is 0 Å². The number of likely N-dealkylation sites (tertiary alicyclic amines) is 1. The fraction of sp³-hybridized carbons (Fsp3) is 0.933. The lowest BCUT2D eigenvalue weighted by Gasteiger charge is -2.42. The highest BCUT2D eigenvalue weighted by Gasteiger charge is 2.46. The molecule has 4 nitrogen and oxygen atoms in total. The Bertz CT molecular complexity index is 359. The van der Waals surface area contributed by atoms with Crippen molar-refractivity contribution in [3.63, 3.8) is 0 Å². The van der Waals surface area contributed by atoms with Crippen LogP contribution in [0.2, 0.25) is 0 Å². The van der Waals surface area contributed by atoms with Crippen LogP contribution < -0.4 is 0 Å². The van der Waals surface area contributed by atoms with Crippen LogP contribution in [0.4, 0.5) is 0 Å². The highest BCUT2D eigenvalue weighted by molar-refractivity contribution is 5.79. The summed E-state index contributed by atoms with van der Waals surface area (Å²) in [6.07, 6.45) is 1.08. The second-order valence-corrected chi connectivity index (χ2v) is 7.78. The zero-order valence-electron chi connectivity index (χ0n) is 13.4. The predicted molar refractivity (Wildman–Crippen MR) is 78.2 cm³/mol. The van der Waals surface area contributed by atoms with Crippen molar-refractivity contribution in [1.29, 1.82) is 0 Å². The molecule has 0 aromatic heterocycles. The lowest BCUT2D eigenvalue weighted by atomic mass is 9.95. The minimum absolute atomic E-state index is 0.161. The van der Waals surface area contributed by atoms with Crippen molar-refractivity contribution in [2.24, 2.45) is 0 Å². The molecular formula is C15H29N3O. The van der Waals surface area contributed by atoms with Crippen LogP contribution in [0.15, 0.2) is 0 Å². The van der Waals surface area contributed by atoms with E-state index in [0.29, 0.717) is 18.5 Å². The van der Waals surface area contributed by atoms with Crippen molar-refractivity contribution in [3.8, 4) is 0 Å². The molecule has 0 bridgehead atoms. The van der Waals surface area contributed by atoms with Crippen molar-refractivity contribution < 1.29 is 4.79 Å². The molecule has 0 radical (unpaired) electrons. The molecule has 110 valence electrons. The first-order valence-corrected chi connectivity index (χ1v) is 7.37. The smallest absolute Gasteiger partial charge is 0.237 e. The summed E-state index contributed by atoms with van der Waals surface area (Å²) in [7, 11) is 2.02. The van der Waals surface area contributed by atoms with Crippen molar-refractivity contribution in [2.75, 3.05) is 33.2 Å². The van der Waals surface area contributed by atoms with Gasteiger partial charge in [-0.2, -0.15) is 0 Å². The molecule has 0 aromatic rings. The van der Waals surface area contributed by atoms with Gasteiger partial charge in [-0.3, -0.25) is 14.6 Å². The number of carbonyl (C=O) groups is 1. The van der Waals surface area contributed by atoms with Crippen LogP contribution >= 0.6 is 0 Å². The number of hydrogen-bond acceptors (Lipinski definition) is 3. The van der Waals surface area contributed by atoms with E-state index in [9.17, 15) is 4.79 Å². The van der Waals surface area contributed by atoms with Gasteiger partial charge in [-0.15, -0.1) is 0 Å². The Hall–Kier alpha value is -0.610. The molecule has 0 N–H and O–H groups in total. The number of hydrogen-bond donors (Lipinski definition) is 0. The van der Waals surface area contributed by atoms with E-state index in [4.69, 9.17) is 0 Å². The van der Waals surface area contributed by atoms with Gasteiger partial charge in [-0.05, 0) is 48.1 Å². The number of nitrogens with zero attached hydrogens (tertiary/aromatic N) is 3. The van der Waals surface area contributed by atoms with Crippen LogP contribution in [0.25, 0.3) is 0 Å². The number of likely N-dealkylation sites (N-methyl/N-ethyl adjacent to an activating group) is 1. The molecule has 2 saturated heterocycles. The van der Waals surface area contributed by atoms with Gasteiger partial charge < -0.3 is 4.90 Å². The Morgan fingerprint density at radius 3 is 2.32 bits per heavy atom. The van der Waals surface area contributed by atoms with E-state index in [2.05, 4.69) is 49.3 Å². The molecule has 0 aromatic carbocycles. The molecule has 2 heterocycles. The quantitative estimate of drug-likeness (QED) is 0.719. The van der Waals surface area contributed by atoms with Gasteiger partial charge >= 0.3 is 0 Å². The highest BCUT2D eigenvalue weighted by atomic mass is 16.2. The van der Waals surface area contributed by atoms with Gasteiger partial charge in [0.1, 0.15) is 0 Å². The lowest BCUT2D eigenvalue weighted by molar-refractivity contribution is -0.137. The second-order valence-electron chi connectivity index (χ2n) is 7.78. The zero-order valence-corrected chi connectivity index (χ0v) is 13.4. The van der Waals surface area contributed by atoms with Crippen molar-refractivity contribution >= 4 is 5.91 Å². The summed E-state index contributed by atoms with van der Waals surface area (Å²) in [5.41, 5.74) is 0.334. The van der Waals surface area contributed by atoms with Crippen LogP contribution in [0.1, 0.15) is 41.0 Å². The Balaban J connectivity index is 2.10. The predicted octanol–water partition coefficient (Wildman–Crippen LogP) is 1.41. The molecule has 2 aliphatic rings. The maximum Gasteiger partial charge on any atom is 0.237 e. The van der Waals surface area contributed by atoms with Gasteiger partial charge in [-0.25, -0.2) is 0 Å². The molecule has 4 heteroatoms. The molecule has 2 fully saturated rings. The van der Waals surface area contributed by atoms with Gasteiger partial charge in [0.05, 0.1) is 6.54 Å². The maximum atomic E-state index is 12.2. The van der Waals surface area contributed by atoms with E-state index in [1.807, 2.05) is 7.05 Å². The summed E-state index contributed by atoms with van der Waals surface area (Å²) in [5, 5.41) is 0. The maximum absolute atomic E-state index is 12.2. The molecule has 2 rings (SSSR count). The normalized spacial score (nSPS) is 30.1. The average Bonchev–Trinajstić information content (AvgIpc) is 2.53. The Labute approximate surface area is 117 Å². The number of piperazine rings is 1. The first-order chi connectivity index (χ1) is 8.61. The molecule has 1 amide bonds. The largest absolute Gasteiger partial charge is 0.336 e. The standard InChI is InChI=1S/C15H29N3O/c1-14(2,3)18-10-12(9-15(18,4)5)17-8-7-16(6)11-13(17)19/h12H,7-11H2,1-6H3. The molecule has 2 aliphatic heterocycles. The van der Waals surface area contributed by atoms with Crippen LogP contribution in [-0.2, 0) is 4.79 Å². The summed E-state index contributed by atoms with van der Waals surface area (Å²) < 4.78 is 0. The van der Waals surface area contributed by atoms with Crippen LogP contribution in [0.5, 0.6) is 0 Å². The third-order valence-electron chi connectivity index (χ3n) is 4.56. The number of amides is 1. The van der Waals surface area contributed by atoms with E-state index in [1.54, 1.807) is 0 Å². The zero-order chi connectivity index (χ0) is 14.4. The molecule has 1 unspecified atom stereocenters. The summed E-state index contributed by atoms with van der Waals surface area (Å²) >= 11 is 0. The SMILES string of the molecule is CN1CCN(C2CN(C(C)(C)C)C(C)(C)C2)C(=O)C1. The Kier molecular flexibility index (Phi) is 3.69. The first-order valence-electron chi connectivity index (χ1n) is 7.37. The van der Waals surface area contributed by atoms with Gasteiger partial charge in [0.15, 0.2) is 0 Å². The number of rotatable bonds is 1. The van der Waals surface area contributed by atoms with Crippen molar-refractivity contribution in [2.45, 2.75) is 58.2 Å². The first kappa shape index (κ1) is 14.8. The third-order valence-corrected chi connectivity index (χ3v) is 4.56. The van der Waals surface area contributed by atoms with Crippen molar-refractivity contribution in [1.82, 2.24) is 14.7 Å². The van der Waals surface area contributed by atoms with Gasteiger partial charge in [0, 0.05) is 36.8 Å². The minimum Gasteiger partial charge on any atom is -0.336 e. The average molecular weight is 267 g/mol. The van der Waals surface area contributed by atoms with Crippen LogP contribution in [-0.4, -0.2) is 71.0 Å². The molecule has 19 heavy (non-hydrogen) atoms. The van der Waals surface area contributed by atoms with Crippen LogP contribution in [0.3, 0.4) is 0 Å². The van der Waals surface area contributed by atoms with Gasteiger partial charge in [0.25, 0.3) is 0 Å². The molecule has 1 atom stereocenters. The van der Waals surface area contributed by atoms with E-state index in [0.717, 1.165) is 26.1 Å². The monoisotopic (exact) mass is 267 g/mol.